The van der Waals surface area contributed by atoms with E-state index in [1.165, 1.54) is 0 Å². The van der Waals surface area contributed by atoms with Crippen molar-refractivity contribution in [2.24, 2.45) is 0 Å². The maximum absolute atomic E-state index is 11.8. The summed E-state index contributed by atoms with van der Waals surface area (Å²) in [5.41, 5.74) is 3.52. The van der Waals surface area contributed by atoms with Crippen molar-refractivity contribution in [1.29, 1.82) is 0 Å². The van der Waals surface area contributed by atoms with E-state index in [9.17, 15) is 14.7 Å². The van der Waals surface area contributed by atoms with Crippen LogP contribution in [0.2, 0.25) is 0 Å². The standard InChI is InChI=1S/C18H18O5/c1-4-12-11(3)14-9-23-18(22)16(14)17(21)13(12)7-5-10(2)6-8-15(19)20/h1,5,21H,6-9H2,2-3H3,(H,19,20)/b10-5+. The minimum Gasteiger partial charge on any atom is -0.507 e. The lowest BCUT2D eigenvalue weighted by Gasteiger charge is -2.13. The Morgan fingerprint density at radius 2 is 2.13 bits per heavy atom. The van der Waals surface area contributed by atoms with Crippen LogP contribution in [0.4, 0.5) is 0 Å². The first-order valence-corrected chi connectivity index (χ1v) is 7.25. The quantitative estimate of drug-likeness (QED) is 0.496. The summed E-state index contributed by atoms with van der Waals surface area (Å²) in [5, 5.41) is 19.1. The van der Waals surface area contributed by atoms with Crippen molar-refractivity contribution < 1.29 is 24.5 Å². The minimum atomic E-state index is -0.860. The predicted molar refractivity (Wildman–Crippen MR) is 84.2 cm³/mol. The molecule has 2 rings (SSSR count). The Bertz CT molecular complexity index is 750. The van der Waals surface area contributed by atoms with Gasteiger partial charge in [-0.1, -0.05) is 17.6 Å². The van der Waals surface area contributed by atoms with Gasteiger partial charge >= 0.3 is 11.9 Å². The third-order valence-corrected chi connectivity index (χ3v) is 4.04. The Hall–Kier alpha value is -2.74. The van der Waals surface area contributed by atoms with E-state index in [1.54, 1.807) is 6.92 Å². The van der Waals surface area contributed by atoms with Gasteiger partial charge in [0.2, 0.25) is 0 Å². The molecule has 23 heavy (non-hydrogen) atoms. The number of aromatic hydroxyl groups is 1. The maximum atomic E-state index is 11.8. The van der Waals surface area contributed by atoms with Gasteiger partial charge in [-0.2, -0.15) is 0 Å². The Morgan fingerprint density at radius 1 is 1.43 bits per heavy atom. The molecule has 0 saturated carbocycles. The molecular weight excluding hydrogens is 296 g/mol. The molecule has 5 nitrogen and oxygen atoms in total. The lowest BCUT2D eigenvalue weighted by Crippen LogP contribution is -2.03. The lowest BCUT2D eigenvalue weighted by molar-refractivity contribution is -0.136. The fraction of sp³-hybridized carbons (Fsp3) is 0.333. The topological polar surface area (TPSA) is 83.8 Å². The van der Waals surface area contributed by atoms with Crippen LogP contribution in [0, 0.1) is 19.3 Å². The van der Waals surface area contributed by atoms with Gasteiger partial charge in [-0.3, -0.25) is 4.79 Å². The molecule has 5 heteroatoms. The van der Waals surface area contributed by atoms with Crippen molar-refractivity contribution in [2.45, 2.75) is 39.7 Å². The van der Waals surface area contributed by atoms with E-state index in [0.29, 0.717) is 29.5 Å². The van der Waals surface area contributed by atoms with E-state index in [-0.39, 0.29) is 24.3 Å². The largest absolute Gasteiger partial charge is 0.507 e. The van der Waals surface area contributed by atoms with Crippen LogP contribution in [0.5, 0.6) is 5.75 Å². The molecule has 0 aliphatic carbocycles. The number of hydrogen-bond acceptors (Lipinski definition) is 4. The third kappa shape index (κ3) is 3.21. The predicted octanol–water partition coefficient (Wildman–Crippen LogP) is 2.71. The normalized spacial score (nSPS) is 13.4. The van der Waals surface area contributed by atoms with Crippen LogP contribution in [0.15, 0.2) is 11.6 Å². The first-order chi connectivity index (χ1) is 10.9. The maximum Gasteiger partial charge on any atom is 0.342 e. The Morgan fingerprint density at radius 3 is 2.74 bits per heavy atom. The molecule has 1 aliphatic rings. The summed E-state index contributed by atoms with van der Waals surface area (Å²) in [6.07, 6.45) is 8.20. The number of carbonyl (C=O) groups excluding carboxylic acids is 1. The average molecular weight is 314 g/mol. The zero-order valence-corrected chi connectivity index (χ0v) is 13.1. The average Bonchev–Trinajstić information content (AvgIpc) is 2.89. The molecule has 1 heterocycles. The molecule has 120 valence electrons. The first-order valence-electron chi connectivity index (χ1n) is 7.25. The number of rotatable bonds is 5. The smallest absolute Gasteiger partial charge is 0.342 e. The molecule has 0 spiro atoms. The van der Waals surface area contributed by atoms with Crippen molar-refractivity contribution in [2.75, 3.05) is 0 Å². The fourth-order valence-electron chi connectivity index (χ4n) is 2.66. The number of aliphatic carboxylic acids is 1. The number of phenols is 1. The molecule has 1 aromatic rings. The molecule has 0 fully saturated rings. The van der Waals surface area contributed by atoms with Crippen molar-refractivity contribution in [3.63, 3.8) is 0 Å². The monoisotopic (exact) mass is 314 g/mol. The van der Waals surface area contributed by atoms with Gasteiger partial charge in [0.1, 0.15) is 17.9 Å². The summed E-state index contributed by atoms with van der Waals surface area (Å²) in [6.45, 7) is 3.75. The highest BCUT2D eigenvalue weighted by atomic mass is 16.5. The highest BCUT2D eigenvalue weighted by molar-refractivity contribution is 5.98. The number of benzene rings is 1. The Kier molecular flexibility index (Phi) is 4.75. The van der Waals surface area contributed by atoms with E-state index in [1.807, 2.05) is 13.0 Å². The second-order valence-corrected chi connectivity index (χ2v) is 5.55. The van der Waals surface area contributed by atoms with Crippen molar-refractivity contribution in [3.05, 3.63) is 39.5 Å². The number of allylic oxidation sites excluding steroid dienone is 2. The highest BCUT2D eigenvalue weighted by Gasteiger charge is 2.30. The molecule has 2 N–H and O–H groups in total. The highest BCUT2D eigenvalue weighted by Crippen LogP contribution is 2.37. The van der Waals surface area contributed by atoms with Crippen LogP contribution < -0.4 is 0 Å². The van der Waals surface area contributed by atoms with Gasteiger partial charge in [-0.25, -0.2) is 4.79 Å². The van der Waals surface area contributed by atoms with Crippen LogP contribution in [0.1, 0.15) is 52.4 Å². The van der Waals surface area contributed by atoms with Gasteiger partial charge in [0.15, 0.2) is 0 Å². The van der Waals surface area contributed by atoms with Gasteiger partial charge in [0, 0.05) is 23.1 Å². The number of carboxylic acids is 1. The van der Waals surface area contributed by atoms with Crippen LogP contribution in [0.25, 0.3) is 0 Å². The van der Waals surface area contributed by atoms with Crippen LogP contribution in [-0.4, -0.2) is 22.2 Å². The van der Waals surface area contributed by atoms with Crippen molar-refractivity contribution in [1.82, 2.24) is 0 Å². The molecule has 0 bridgehead atoms. The molecular formula is C18H18O5. The Labute approximate surface area is 134 Å². The Balaban J connectivity index is 2.39. The zero-order chi connectivity index (χ0) is 17.1. The summed E-state index contributed by atoms with van der Waals surface area (Å²) in [7, 11) is 0. The second kappa shape index (κ2) is 6.57. The fourth-order valence-corrected chi connectivity index (χ4v) is 2.66. The summed E-state index contributed by atoms with van der Waals surface area (Å²) >= 11 is 0. The summed E-state index contributed by atoms with van der Waals surface area (Å²) in [4.78, 5) is 22.4. The van der Waals surface area contributed by atoms with Gasteiger partial charge in [-0.15, -0.1) is 6.42 Å². The molecule has 0 amide bonds. The van der Waals surface area contributed by atoms with Gasteiger partial charge < -0.3 is 14.9 Å². The van der Waals surface area contributed by atoms with Gasteiger partial charge in [0.05, 0.1) is 0 Å². The molecule has 1 aliphatic heterocycles. The second-order valence-electron chi connectivity index (χ2n) is 5.55. The number of fused-ring (bicyclic) bond motifs is 1. The molecule has 0 aromatic heterocycles. The van der Waals surface area contributed by atoms with E-state index in [2.05, 4.69) is 5.92 Å². The van der Waals surface area contributed by atoms with Crippen LogP contribution >= 0.6 is 0 Å². The SMILES string of the molecule is C#Cc1c(C)c2c(c(O)c1C/C=C(\C)CCC(=O)O)C(=O)OC2. The van der Waals surface area contributed by atoms with Gasteiger partial charge in [0.25, 0.3) is 0 Å². The number of carbonyl (C=O) groups is 2. The number of terminal acetylenes is 1. The molecule has 0 unspecified atom stereocenters. The number of cyclic esters (lactones) is 1. The molecule has 0 atom stereocenters. The number of esters is 1. The van der Waals surface area contributed by atoms with Crippen molar-refractivity contribution >= 4 is 11.9 Å². The number of phenolic OH excluding ortho intramolecular Hbond substituents is 1. The van der Waals surface area contributed by atoms with Crippen molar-refractivity contribution in [3.8, 4) is 18.1 Å². The first kappa shape index (κ1) is 16.6. The minimum absolute atomic E-state index is 0.0475. The number of ether oxygens (including phenoxy) is 1. The van der Waals surface area contributed by atoms with Crippen LogP contribution in [-0.2, 0) is 22.6 Å². The third-order valence-electron chi connectivity index (χ3n) is 4.04. The lowest BCUT2D eigenvalue weighted by atomic mass is 9.90. The number of hydrogen-bond donors (Lipinski definition) is 2. The van der Waals surface area contributed by atoms with Crippen LogP contribution in [0.3, 0.4) is 0 Å². The van der Waals surface area contributed by atoms with E-state index in [4.69, 9.17) is 16.3 Å². The molecule has 1 aromatic carbocycles. The van der Waals surface area contributed by atoms with E-state index >= 15 is 0 Å². The van der Waals surface area contributed by atoms with E-state index in [0.717, 1.165) is 11.1 Å². The van der Waals surface area contributed by atoms with Gasteiger partial charge in [-0.05, 0) is 32.3 Å². The summed E-state index contributed by atoms with van der Waals surface area (Å²) in [5.74, 6) is 1.03. The molecule has 0 radical (unpaired) electrons. The summed E-state index contributed by atoms with van der Waals surface area (Å²) < 4.78 is 4.98. The zero-order valence-electron chi connectivity index (χ0n) is 13.1. The summed E-state index contributed by atoms with van der Waals surface area (Å²) in [6, 6.07) is 0. The van der Waals surface area contributed by atoms with E-state index < -0.39 is 11.9 Å². The number of carboxylic acid groups (broad SMARTS) is 1. The molecule has 0 saturated heterocycles.